The van der Waals surface area contributed by atoms with Crippen molar-refractivity contribution in [2.75, 3.05) is 40.5 Å². The van der Waals surface area contributed by atoms with Gasteiger partial charge in [-0.1, -0.05) is 6.07 Å². The van der Waals surface area contributed by atoms with E-state index in [0.717, 1.165) is 57.1 Å². The highest BCUT2D eigenvalue weighted by Crippen LogP contribution is 2.27. The molecule has 1 aromatic carbocycles. The van der Waals surface area contributed by atoms with Gasteiger partial charge in [0, 0.05) is 0 Å². The molecule has 5 heteroatoms. The van der Waals surface area contributed by atoms with Crippen LogP contribution in [0.2, 0.25) is 0 Å². The summed E-state index contributed by atoms with van der Waals surface area (Å²) in [6.45, 7) is 3.40. The zero-order valence-corrected chi connectivity index (χ0v) is 12.9. The molecule has 5 nitrogen and oxygen atoms in total. The van der Waals surface area contributed by atoms with Crippen molar-refractivity contribution in [2.45, 2.75) is 25.6 Å². The minimum atomic E-state index is 0.0117. The summed E-state index contributed by atoms with van der Waals surface area (Å²) in [5.74, 6) is 1.55. The number of rotatable bonds is 9. The smallest absolute Gasteiger partial charge is 0.160 e. The summed E-state index contributed by atoms with van der Waals surface area (Å²) in [5, 5.41) is 3.44. The van der Waals surface area contributed by atoms with Crippen LogP contribution in [0, 0.1) is 0 Å². The minimum Gasteiger partial charge on any atom is -0.493 e. The van der Waals surface area contributed by atoms with Gasteiger partial charge in [0.25, 0.3) is 0 Å². The summed E-state index contributed by atoms with van der Waals surface area (Å²) in [7, 11) is 3.31. The molecule has 1 aliphatic rings. The maximum atomic E-state index is 5.40. The first-order chi connectivity index (χ1) is 10.3. The minimum absolute atomic E-state index is 0.0117. The van der Waals surface area contributed by atoms with Crippen LogP contribution in [0.1, 0.15) is 18.4 Å². The van der Waals surface area contributed by atoms with E-state index >= 15 is 0 Å². The number of hydrogen-bond donors (Lipinski definition) is 1. The molecule has 1 fully saturated rings. The van der Waals surface area contributed by atoms with Crippen molar-refractivity contribution in [2.24, 2.45) is 0 Å². The maximum Gasteiger partial charge on any atom is 0.160 e. The predicted octanol–water partition coefficient (Wildman–Crippen LogP) is 1.99. The molecule has 0 bridgehead atoms. The average molecular weight is 295 g/mol. The molecule has 1 saturated heterocycles. The molecular formula is C16H25NO4. The van der Waals surface area contributed by atoms with Crippen molar-refractivity contribution in [1.82, 2.24) is 5.32 Å². The Morgan fingerprint density at radius 1 is 1.10 bits per heavy atom. The number of hydrogen-bond acceptors (Lipinski definition) is 5. The molecule has 1 aliphatic heterocycles. The Hall–Kier alpha value is -1.30. The van der Waals surface area contributed by atoms with Gasteiger partial charge in [0.15, 0.2) is 17.8 Å². The van der Waals surface area contributed by atoms with Gasteiger partial charge in [-0.2, -0.15) is 0 Å². The van der Waals surface area contributed by atoms with Gasteiger partial charge in [-0.15, -0.1) is 0 Å². The summed E-state index contributed by atoms with van der Waals surface area (Å²) in [6.07, 6.45) is 3.01. The molecule has 1 heterocycles. The molecule has 0 spiro atoms. The molecule has 0 atom stereocenters. The third-order valence-electron chi connectivity index (χ3n) is 3.52. The lowest BCUT2D eigenvalue weighted by molar-refractivity contribution is -0.0475. The Labute approximate surface area is 126 Å². The van der Waals surface area contributed by atoms with Gasteiger partial charge in [-0.05, 0) is 50.0 Å². The Balaban J connectivity index is 1.61. The van der Waals surface area contributed by atoms with Gasteiger partial charge in [-0.3, -0.25) is 0 Å². The number of nitrogens with one attached hydrogen (secondary N) is 1. The third-order valence-corrected chi connectivity index (χ3v) is 3.52. The largest absolute Gasteiger partial charge is 0.493 e. The Morgan fingerprint density at radius 2 is 1.86 bits per heavy atom. The summed E-state index contributed by atoms with van der Waals surface area (Å²) in [4.78, 5) is 0. The van der Waals surface area contributed by atoms with Crippen LogP contribution >= 0.6 is 0 Å². The molecular weight excluding hydrogens is 270 g/mol. The average Bonchev–Trinajstić information content (AvgIpc) is 3.03. The zero-order chi connectivity index (χ0) is 14.9. The SMILES string of the molecule is COc1ccc(CCNCCCC2OCCO2)cc1OC. The molecule has 0 unspecified atom stereocenters. The van der Waals surface area contributed by atoms with E-state index in [1.54, 1.807) is 14.2 Å². The second-order valence-corrected chi connectivity index (χ2v) is 5.00. The van der Waals surface area contributed by atoms with E-state index in [1.807, 2.05) is 12.1 Å². The molecule has 0 aliphatic carbocycles. The lowest BCUT2D eigenvalue weighted by Gasteiger charge is -2.11. The molecule has 0 aromatic heterocycles. The van der Waals surface area contributed by atoms with E-state index < -0.39 is 0 Å². The van der Waals surface area contributed by atoms with E-state index in [1.165, 1.54) is 5.56 Å². The topological polar surface area (TPSA) is 49.0 Å². The third kappa shape index (κ3) is 5.19. The van der Waals surface area contributed by atoms with Crippen LogP contribution < -0.4 is 14.8 Å². The number of ether oxygens (including phenoxy) is 4. The lowest BCUT2D eigenvalue weighted by Crippen LogP contribution is -2.20. The van der Waals surface area contributed by atoms with Crippen molar-refractivity contribution >= 4 is 0 Å². The molecule has 1 aromatic rings. The Bertz CT molecular complexity index is 419. The second kappa shape index (κ2) is 8.87. The predicted molar refractivity (Wildman–Crippen MR) is 81.0 cm³/mol. The fourth-order valence-corrected chi connectivity index (χ4v) is 2.36. The molecule has 21 heavy (non-hydrogen) atoms. The van der Waals surface area contributed by atoms with Gasteiger partial charge < -0.3 is 24.3 Å². The van der Waals surface area contributed by atoms with Gasteiger partial charge in [0.1, 0.15) is 0 Å². The summed E-state index contributed by atoms with van der Waals surface area (Å²) in [6, 6.07) is 6.05. The first-order valence-electron chi connectivity index (χ1n) is 7.48. The molecule has 1 N–H and O–H groups in total. The molecule has 2 rings (SSSR count). The van der Waals surface area contributed by atoms with Crippen LogP contribution in [0.3, 0.4) is 0 Å². The van der Waals surface area contributed by atoms with Crippen LogP contribution in [-0.2, 0) is 15.9 Å². The molecule has 0 radical (unpaired) electrons. The number of benzene rings is 1. The first-order valence-corrected chi connectivity index (χ1v) is 7.48. The van der Waals surface area contributed by atoms with Crippen LogP contribution in [0.5, 0.6) is 11.5 Å². The van der Waals surface area contributed by atoms with E-state index in [0.29, 0.717) is 0 Å². The van der Waals surface area contributed by atoms with Crippen LogP contribution in [0.15, 0.2) is 18.2 Å². The first kappa shape index (κ1) is 16.1. The fourth-order valence-electron chi connectivity index (χ4n) is 2.36. The summed E-state index contributed by atoms with van der Waals surface area (Å²) >= 11 is 0. The van der Waals surface area contributed by atoms with E-state index in [4.69, 9.17) is 18.9 Å². The van der Waals surface area contributed by atoms with Crippen molar-refractivity contribution in [3.8, 4) is 11.5 Å². The maximum absolute atomic E-state index is 5.40. The lowest BCUT2D eigenvalue weighted by atomic mass is 10.1. The highest BCUT2D eigenvalue weighted by Gasteiger charge is 2.14. The standard InChI is InChI=1S/C16H25NO4/c1-18-14-6-5-13(12-15(14)19-2)7-9-17-8-3-4-16-20-10-11-21-16/h5-6,12,16-17H,3-4,7-11H2,1-2H3. The summed E-state index contributed by atoms with van der Waals surface area (Å²) < 4.78 is 21.3. The monoisotopic (exact) mass is 295 g/mol. The summed E-state index contributed by atoms with van der Waals surface area (Å²) in [5.41, 5.74) is 1.24. The van der Waals surface area contributed by atoms with Crippen LogP contribution in [0.25, 0.3) is 0 Å². The van der Waals surface area contributed by atoms with Crippen LogP contribution in [-0.4, -0.2) is 46.8 Å². The quantitative estimate of drug-likeness (QED) is 0.706. The second-order valence-electron chi connectivity index (χ2n) is 5.00. The van der Waals surface area contributed by atoms with Gasteiger partial charge in [-0.25, -0.2) is 0 Å². The number of methoxy groups -OCH3 is 2. The van der Waals surface area contributed by atoms with Crippen molar-refractivity contribution in [1.29, 1.82) is 0 Å². The molecule has 118 valence electrons. The van der Waals surface area contributed by atoms with Gasteiger partial charge >= 0.3 is 0 Å². The van der Waals surface area contributed by atoms with E-state index in [2.05, 4.69) is 11.4 Å². The van der Waals surface area contributed by atoms with E-state index in [-0.39, 0.29) is 6.29 Å². The van der Waals surface area contributed by atoms with E-state index in [9.17, 15) is 0 Å². The van der Waals surface area contributed by atoms with Crippen molar-refractivity contribution in [3.05, 3.63) is 23.8 Å². The van der Waals surface area contributed by atoms with Gasteiger partial charge in [0.2, 0.25) is 0 Å². The Morgan fingerprint density at radius 3 is 2.57 bits per heavy atom. The normalized spacial score (nSPS) is 15.3. The van der Waals surface area contributed by atoms with Crippen molar-refractivity contribution in [3.63, 3.8) is 0 Å². The molecule has 0 saturated carbocycles. The van der Waals surface area contributed by atoms with Gasteiger partial charge in [0.05, 0.1) is 27.4 Å². The fraction of sp³-hybridized carbons (Fsp3) is 0.625. The molecule has 0 amide bonds. The highest BCUT2D eigenvalue weighted by molar-refractivity contribution is 5.42. The highest BCUT2D eigenvalue weighted by atomic mass is 16.7. The zero-order valence-electron chi connectivity index (χ0n) is 12.9. The Kier molecular flexibility index (Phi) is 6.79. The van der Waals surface area contributed by atoms with Crippen LogP contribution in [0.4, 0.5) is 0 Å². The van der Waals surface area contributed by atoms with Crippen molar-refractivity contribution < 1.29 is 18.9 Å².